The fourth-order valence-corrected chi connectivity index (χ4v) is 2.70. The minimum Gasteiger partial charge on any atom is -0.287 e. The number of alkyl halides is 1. The number of quaternary nitrogens is 1. The van der Waals surface area contributed by atoms with Gasteiger partial charge in [-0.3, -0.25) is 4.48 Å². The molecule has 0 N–H and O–H groups in total. The largest absolute Gasteiger partial charge is 0.287 e. The first kappa shape index (κ1) is 15.3. The number of benzene rings is 2. The van der Waals surface area contributed by atoms with E-state index in [1.807, 2.05) is 6.07 Å². The molecule has 2 heteroatoms. The molecule has 0 aromatic heterocycles. The SMILES string of the molecule is C[N+](C)(CBr)c1ccccc1.c1ccc2c(c1)CCC2. The molecular formula is C18H23BrN+. The second-order valence-corrected chi connectivity index (χ2v) is 6.26. The predicted octanol–water partition coefficient (Wildman–Crippen LogP) is 4.78. The molecule has 0 saturated heterocycles. The molecule has 2 aromatic carbocycles. The van der Waals surface area contributed by atoms with Crippen LogP contribution in [0.15, 0.2) is 54.6 Å². The van der Waals surface area contributed by atoms with Gasteiger partial charge in [0.15, 0.2) is 0 Å². The van der Waals surface area contributed by atoms with Crippen molar-refractivity contribution in [3.8, 4) is 0 Å². The van der Waals surface area contributed by atoms with Gasteiger partial charge in [0.1, 0.15) is 11.1 Å². The van der Waals surface area contributed by atoms with Crippen molar-refractivity contribution >= 4 is 21.6 Å². The minimum absolute atomic E-state index is 0.876. The average molecular weight is 333 g/mol. The zero-order chi connectivity index (χ0) is 14.4. The highest BCUT2D eigenvalue weighted by atomic mass is 79.9. The summed E-state index contributed by atoms with van der Waals surface area (Å²) in [6, 6.07) is 19.2. The molecule has 0 amide bonds. The van der Waals surface area contributed by atoms with E-state index in [1.165, 1.54) is 24.9 Å². The Bertz CT molecular complexity index is 511. The summed E-state index contributed by atoms with van der Waals surface area (Å²) < 4.78 is 0.876. The van der Waals surface area contributed by atoms with E-state index < -0.39 is 0 Å². The highest BCUT2D eigenvalue weighted by molar-refractivity contribution is 9.09. The second kappa shape index (κ2) is 7.05. The van der Waals surface area contributed by atoms with Crippen LogP contribution in [0.1, 0.15) is 17.5 Å². The summed E-state index contributed by atoms with van der Waals surface area (Å²) in [5.41, 5.74) is 5.40. The van der Waals surface area contributed by atoms with Gasteiger partial charge in [0.05, 0.1) is 14.1 Å². The molecule has 1 aliphatic carbocycles. The van der Waals surface area contributed by atoms with Gasteiger partial charge in [0.25, 0.3) is 0 Å². The quantitative estimate of drug-likeness (QED) is 0.421. The van der Waals surface area contributed by atoms with E-state index in [4.69, 9.17) is 0 Å². The molecule has 1 aliphatic rings. The lowest BCUT2D eigenvalue weighted by Gasteiger charge is -2.26. The number of nitrogens with zero attached hydrogens (tertiary/aromatic N) is 1. The molecule has 0 aliphatic heterocycles. The van der Waals surface area contributed by atoms with Gasteiger partial charge in [0, 0.05) is 0 Å². The van der Waals surface area contributed by atoms with Crippen LogP contribution in [0, 0.1) is 0 Å². The summed E-state index contributed by atoms with van der Waals surface area (Å²) in [5.74, 6) is 0. The second-order valence-electron chi connectivity index (χ2n) is 5.76. The lowest BCUT2D eigenvalue weighted by Crippen LogP contribution is -2.38. The highest BCUT2D eigenvalue weighted by Crippen LogP contribution is 2.20. The Morgan fingerprint density at radius 3 is 1.85 bits per heavy atom. The summed E-state index contributed by atoms with van der Waals surface area (Å²) in [5, 5.41) is 0. The van der Waals surface area contributed by atoms with Crippen LogP contribution in [-0.2, 0) is 12.8 Å². The molecule has 0 heterocycles. The Morgan fingerprint density at radius 1 is 0.850 bits per heavy atom. The molecule has 106 valence electrons. The van der Waals surface area contributed by atoms with Crippen molar-refractivity contribution in [1.82, 2.24) is 4.48 Å². The molecule has 0 spiro atoms. The maximum Gasteiger partial charge on any atom is 0.138 e. The van der Waals surface area contributed by atoms with Crippen LogP contribution in [0.2, 0.25) is 0 Å². The Balaban J connectivity index is 0.000000149. The van der Waals surface area contributed by atoms with E-state index in [2.05, 4.69) is 78.6 Å². The zero-order valence-corrected chi connectivity index (χ0v) is 13.9. The molecule has 2 aromatic rings. The van der Waals surface area contributed by atoms with Crippen LogP contribution in [-0.4, -0.2) is 19.5 Å². The van der Waals surface area contributed by atoms with Crippen molar-refractivity contribution in [2.45, 2.75) is 19.3 Å². The lowest BCUT2D eigenvalue weighted by atomic mass is 10.1. The number of fused-ring (bicyclic) bond motifs is 1. The number of hydrogen-bond donors (Lipinski definition) is 0. The summed E-state index contributed by atoms with van der Waals surface area (Å²) >= 11 is 3.48. The third-order valence-electron chi connectivity index (χ3n) is 3.76. The Labute approximate surface area is 131 Å². The van der Waals surface area contributed by atoms with Gasteiger partial charge in [-0.15, -0.1) is 0 Å². The van der Waals surface area contributed by atoms with Gasteiger partial charge < -0.3 is 0 Å². The molecule has 0 fully saturated rings. The molecule has 0 saturated carbocycles. The first-order chi connectivity index (χ1) is 9.63. The third-order valence-corrected chi connectivity index (χ3v) is 5.02. The van der Waals surface area contributed by atoms with Gasteiger partial charge in [-0.05, 0) is 58.5 Å². The first-order valence-electron chi connectivity index (χ1n) is 7.15. The Morgan fingerprint density at radius 2 is 1.35 bits per heavy atom. The van der Waals surface area contributed by atoms with Gasteiger partial charge >= 0.3 is 0 Å². The van der Waals surface area contributed by atoms with Crippen molar-refractivity contribution in [2.75, 3.05) is 19.5 Å². The van der Waals surface area contributed by atoms with E-state index in [0.29, 0.717) is 0 Å². The minimum atomic E-state index is 0.876. The molecule has 3 rings (SSSR count). The van der Waals surface area contributed by atoms with E-state index in [9.17, 15) is 0 Å². The fraction of sp³-hybridized carbons (Fsp3) is 0.333. The van der Waals surface area contributed by atoms with Crippen molar-refractivity contribution in [1.29, 1.82) is 0 Å². The van der Waals surface area contributed by atoms with Crippen molar-refractivity contribution in [3.63, 3.8) is 0 Å². The predicted molar refractivity (Wildman–Crippen MR) is 92.3 cm³/mol. The molecule has 1 nitrogen and oxygen atoms in total. The van der Waals surface area contributed by atoms with E-state index in [0.717, 1.165) is 9.94 Å². The molecule has 0 atom stereocenters. The number of aryl methyl sites for hydroxylation is 2. The topological polar surface area (TPSA) is 0 Å². The van der Waals surface area contributed by atoms with E-state index >= 15 is 0 Å². The summed E-state index contributed by atoms with van der Waals surface area (Å²) in [4.78, 5) is 0. The van der Waals surface area contributed by atoms with Crippen LogP contribution >= 0.6 is 15.9 Å². The molecule has 20 heavy (non-hydrogen) atoms. The van der Waals surface area contributed by atoms with Gasteiger partial charge in [-0.2, -0.15) is 0 Å². The van der Waals surface area contributed by atoms with Crippen LogP contribution < -0.4 is 4.48 Å². The average Bonchev–Trinajstić information content (AvgIpc) is 2.97. The molecule has 0 unspecified atom stereocenters. The number of halogens is 1. The fourth-order valence-electron chi connectivity index (χ4n) is 2.42. The zero-order valence-electron chi connectivity index (χ0n) is 12.3. The smallest absolute Gasteiger partial charge is 0.138 e. The number of hydrogen-bond acceptors (Lipinski definition) is 0. The highest BCUT2D eigenvalue weighted by Gasteiger charge is 2.15. The standard InChI is InChI=1S/C9H13BrN.C9H10/c1-11(2,8-10)9-6-4-3-5-7-9;1-2-5-9-7-3-6-8(9)4-1/h3-7H,8H2,1-2H3;1-2,4-5H,3,6-7H2/q+1;. The summed E-state index contributed by atoms with van der Waals surface area (Å²) in [7, 11) is 4.34. The van der Waals surface area contributed by atoms with Crippen LogP contribution in [0.25, 0.3) is 0 Å². The third kappa shape index (κ3) is 3.94. The van der Waals surface area contributed by atoms with Crippen LogP contribution in [0.3, 0.4) is 0 Å². The normalized spacial score (nSPS) is 13.3. The van der Waals surface area contributed by atoms with E-state index in [-0.39, 0.29) is 0 Å². The maximum atomic E-state index is 3.48. The Hall–Kier alpha value is -1.12. The van der Waals surface area contributed by atoms with Crippen LogP contribution in [0.5, 0.6) is 0 Å². The molecular weight excluding hydrogens is 310 g/mol. The number of rotatable bonds is 2. The Kier molecular flexibility index (Phi) is 5.38. The number of para-hydroxylation sites is 1. The maximum absolute atomic E-state index is 3.48. The monoisotopic (exact) mass is 332 g/mol. The van der Waals surface area contributed by atoms with Gasteiger partial charge in [-0.25, -0.2) is 0 Å². The lowest BCUT2D eigenvalue weighted by molar-refractivity contribution is 0.472. The van der Waals surface area contributed by atoms with E-state index in [1.54, 1.807) is 11.1 Å². The summed E-state index contributed by atoms with van der Waals surface area (Å²) in [6.45, 7) is 0. The van der Waals surface area contributed by atoms with Gasteiger partial charge in [0.2, 0.25) is 0 Å². The van der Waals surface area contributed by atoms with Crippen molar-refractivity contribution < 1.29 is 0 Å². The van der Waals surface area contributed by atoms with Gasteiger partial charge in [-0.1, -0.05) is 42.5 Å². The molecule has 0 bridgehead atoms. The van der Waals surface area contributed by atoms with Crippen molar-refractivity contribution in [3.05, 3.63) is 65.7 Å². The van der Waals surface area contributed by atoms with Crippen LogP contribution in [0.4, 0.5) is 5.69 Å². The summed E-state index contributed by atoms with van der Waals surface area (Å²) in [6.07, 6.45) is 3.96. The first-order valence-corrected chi connectivity index (χ1v) is 8.27. The molecule has 0 radical (unpaired) electrons. The van der Waals surface area contributed by atoms with Crippen molar-refractivity contribution in [2.24, 2.45) is 0 Å².